The van der Waals surface area contributed by atoms with Crippen LogP contribution < -0.4 is 4.74 Å². The average Bonchev–Trinajstić information content (AvgIpc) is 3.27. The van der Waals surface area contributed by atoms with E-state index in [0.29, 0.717) is 24.1 Å². The molecule has 30 heavy (non-hydrogen) atoms. The zero-order valence-corrected chi connectivity index (χ0v) is 18.1. The van der Waals surface area contributed by atoms with Crippen LogP contribution >= 0.6 is 11.3 Å². The summed E-state index contributed by atoms with van der Waals surface area (Å²) in [5, 5.41) is 2.40. The monoisotopic (exact) mass is 428 g/mol. The smallest absolute Gasteiger partial charge is 0.282 e. The zero-order chi connectivity index (χ0) is 20.9. The van der Waals surface area contributed by atoms with Crippen LogP contribution in [-0.2, 0) is 11.2 Å². The topological polar surface area (TPSA) is 66.0 Å². The van der Waals surface area contributed by atoms with E-state index in [1.54, 1.807) is 6.20 Å². The molecule has 1 aromatic carbocycles. The van der Waals surface area contributed by atoms with Crippen molar-refractivity contribution in [3.05, 3.63) is 46.4 Å². The average molecular weight is 429 g/mol. The van der Waals surface area contributed by atoms with Gasteiger partial charge in [-0.3, -0.25) is 14.5 Å². The van der Waals surface area contributed by atoms with Crippen molar-refractivity contribution in [3.8, 4) is 5.75 Å². The number of carbonyl (C=O) groups is 2. The molecule has 0 unspecified atom stereocenters. The first kappa shape index (κ1) is 20.8. The lowest BCUT2D eigenvalue weighted by Gasteiger charge is -2.48. The molecular weight excluding hydrogens is 400 g/mol. The number of hydrogen-bond donors (Lipinski definition) is 0. The molecule has 2 aliphatic rings. The van der Waals surface area contributed by atoms with E-state index < -0.39 is 0 Å². The Morgan fingerprint density at radius 2 is 1.83 bits per heavy atom. The molecule has 7 nitrogen and oxygen atoms in total. The van der Waals surface area contributed by atoms with Crippen molar-refractivity contribution in [2.24, 2.45) is 0 Å². The molecule has 2 fully saturated rings. The highest BCUT2D eigenvalue weighted by atomic mass is 32.1. The van der Waals surface area contributed by atoms with Gasteiger partial charge >= 0.3 is 0 Å². The van der Waals surface area contributed by atoms with Gasteiger partial charge in [0, 0.05) is 63.3 Å². The third-order valence-corrected chi connectivity index (χ3v) is 6.57. The molecule has 1 aromatic heterocycles. The summed E-state index contributed by atoms with van der Waals surface area (Å²) in [7, 11) is 0. The minimum atomic E-state index is 0.0318. The molecule has 2 aromatic rings. The molecule has 0 N–H and O–H groups in total. The maximum atomic E-state index is 12.5. The van der Waals surface area contributed by atoms with Crippen LogP contribution in [0.5, 0.6) is 5.75 Å². The van der Waals surface area contributed by atoms with Crippen LogP contribution in [0.2, 0.25) is 0 Å². The van der Waals surface area contributed by atoms with Crippen molar-refractivity contribution in [1.82, 2.24) is 19.7 Å². The molecule has 160 valence electrons. The first-order valence-corrected chi connectivity index (χ1v) is 11.4. The number of nitrogens with zero attached hydrogens (tertiary/aromatic N) is 4. The standard InChI is InChI=1S/C22H28N4O3S/c1-2-29-19-6-3-17(4-7-19)5-8-20(27)26-15-18(16-26)24-10-12-25(13-11-24)22(28)21-23-9-14-30-21/h3-4,6-7,9,14,18H,2,5,8,10-13,15-16H2,1H3. The number of hydrogen-bond acceptors (Lipinski definition) is 6. The Labute approximate surface area is 181 Å². The van der Waals surface area contributed by atoms with E-state index in [0.717, 1.165) is 57.0 Å². The summed E-state index contributed by atoms with van der Waals surface area (Å²) >= 11 is 1.39. The van der Waals surface area contributed by atoms with E-state index >= 15 is 0 Å². The molecular formula is C22H28N4O3S. The summed E-state index contributed by atoms with van der Waals surface area (Å²) in [5.41, 5.74) is 1.16. The maximum Gasteiger partial charge on any atom is 0.282 e. The van der Waals surface area contributed by atoms with Gasteiger partial charge in [0.05, 0.1) is 6.61 Å². The van der Waals surface area contributed by atoms with Gasteiger partial charge in [-0.1, -0.05) is 12.1 Å². The number of aromatic nitrogens is 1. The Morgan fingerprint density at radius 3 is 2.47 bits per heavy atom. The van der Waals surface area contributed by atoms with Crippen molar-refractivity contribution in [2.45, 2.75) is 25.8 Å². The maximum absolute atomic E-state index is 12.5. The van der Waals surface area contributed by atoms with Gasteiger partial charge in [0.15, 0.2) is 5.01 Å². The second-order valence-electron chi connectivity index (χ2n) is 7.69. The molecule has 0 aliphatic carbocycles. The van der Waals surface area contributed by atoms with Crippen molar-refractivity contribution < 1.29 is 14.3 Å². The Morgan fingerprint density at radius 1 is 1.10 bits per heavy atom. The van der Waals surface area contributed by atoms with E-state index in [4.69, 9.17) is 4.74 Å². The lowest BCUT2D eigenvalue weighted by atomic mass is 10.0. The number of carbonyl (C=O) groups excluding carboxylic acids is 2. The molecule has 2 aliphatic heterocycles. The highest BCUT2D eigenvalue weighted by Gasteiger charge is 2.36. The summed E-state index contributed by atoms with van der Waals surface area (Å²) in [6.45, 7) is 7.37. The number of likely N-dealkylation sites (tertiary alicyclic amines) is 1. The molecule has 8 heteroatoms. The van der Waals surface area contributed by atoms with Gasteiger partial charge in [0.1, 0.15) is 5.75 Å². The number of ether oxygens (including phenoxy) is 1. The lowest BCUT2D eigenvalue weighted by Crippen LogP contribution is -2.64. The summed E-state index contributed by atoms with van der Waals surface area (Å²) in [5.74, 6) is 1.12. The fourth-order valence-corrected chi connectivity index (χ4v) is 4.58. The van der Waals surface area contributed by atoms with Crippen LogP contribution in [0.15, 0.2) is 35.8 Å². The van der Waals surface area contributed by atoms with Crippen LogP contribution in [0.4, 0.5) is 0 Å². The van der Waals surface area contributed by atoms with E-state index in [9.17, 15) is 9.59 Å². The second-order valence-corrected chi connectivity index (χ2v) is 8.59. The highest BCUT2D eigenvalue weighted by molar-refractivity contribution is 7.11. The molecule has 3 heterocycles. The minimum Gasteiger partial charge on any atom is -0.494 e. The quantitative estimate of drug-likeness (QED) is 0.676. The molecule has 0 atom stereocenters. The number of thiazole rings is 1. The molecule has 2 amide bonds. The van der Waals surface area contributed by atoms with Gasteiger partial charge < -0.3 is 14.5 Å². The Bertz CT molecular complexity index is 842. The van der Waals surface area contributed by atoms with Crippen LogP contribution in [0, 0.1) is 0 Å². The normalized spacial score (nSPS) is 17.6. The fraction of sp³-hybridized carbons (Fsp3) is 0.500. The Kier molecular flexibility index (Phi) is 6.64. The first-order valence-electron chi connectivity index (χ1n) is 10.6. The Balaban J connectivity index is 1.16. The number of benzene rings is 1. The van der Waals surface area contributed by atoms with Crippen LogP contribution in [0.3, 0.4) is 0 Å². The minimum absolute atomic E-state index is 0.0318. The zero-order valence-electron chi connectivity index (χ0n) is 17.3. The SMILES string of the molecule is CCOc1ccc(CCC(=O)N2CC(N3CCN(C(=O)c4nccs4)CC3)C2)cc1. The molecule has 0 radical (unpaired) electrons. The summed E-state index contributed by atoms with van der Waals surface area (Å²) in [4.78, 5) is 35.2. The first-order chi connectivity index (χ1) is 14.6. The van der Waals surface area contributed by atoms with Gasteiger partial charge in [0.2, 0.25) is 5.91 Å². The van der Waals surface area contributed by atoms with Crippen molar-refractivity contribution >= 4 is 23.2 Å². The van der Waals surface area contributed by atoms with Gasteiger partial charge in [-0.15, -0.1) is 11.3 Å². The molecule has 0 bridgehead atoms. The third kappa shape index (κ3) is 4.82. The molecule has 0 saturated carbocycles. The predicted octanol–water partition coefficient (Wildman–Crippen LogP) is 2.14. The Hall–Kier alpha value is -2.45. The van der Waals surface area contributed by atoms with E-state index in [1.165, 1.54) is 11.3 Å². The van der Waals surface area contributed by atoms with Gasteiger partial charge in [-0.25, -0.2) is 4.98 Å². The predicted molar refractivity (Wildman–Crippen MR) is 116 cm³/mol. The number of piperazine rings is 1. The summed E-state index contributed by atoms with van der Waals surface area (Å²) < 4.78 is 5.45. The van der Waals surface area contributed by atoms with Crippen molar-refractivity contribution in [2.75, 3.05) is 45.9 Å². The van der Waals surface area contributed by atoms with E-state index in [2.05, 4.69) is 9.88 Å². The fourth-order valence-electron chi connectivity index (χ4n) is 3.97. The largest absolute Gasteiger partial charge is 0.494 e. The second kappa shape index (κ2) is 9.57. The summed E-state index contributed by atoms with van der Waals surface area (Å²) in [6.07, 6.45) is 2.96. The van der Waals surface area contributed by atoms with E-state index in [-0.39, 0.29) is 11.8 Å². The van der Waals surface area contributed by atoms with Gasteiger partial charge in [-0.2, -0.15) is 0 Å². The van der Waals surface area contributed by atoms with Gasteiger partial charge in [0.25, 0.3) is 5.91 Å². The van der Waals surface area contributed by atoms with Crippen LogP contribution in [0.1, 0.15) is 28.7 Å². The molecule has 4 rings (SSSR count). The number of aryl methyl sites for hydroxylation is 1. The third-order valence-electron chi connectivity index (χ3n) is 5.81. The van der Waals surface area contributed by atoms with Crippen LogP contribution in [-0.4, -0.2) is 83.4 Å². The molecule has 0 spiro atoms. The molecule has 2 saturated heterocycles. The number of amides is 2. The van der Waals surface area contributed by atoms with E-state index in [1.807, 2.05) is 46.4 Å². The van der Waals surface area contributed by atoms with Gasteiger partial charge in [-0.05, 0) is 31.0 Å². The lowest BCUT2D eigenvalue weighted by molar-refractivity contribution is -0.139. The van der Waals surface area contributed by atoms with Crippen molar-refractivity contribution in [3.63, 3.8) is 0 Å². The summed E-state index contributed by atoms with van der Waals surface area (Å²) in [6, 6.07) is 8.40. The van der Waals surface area contributed by atoms with Crippen molar-refractivity contribution in [1.29, 1.82) is 0 Å². The van der Waals surface area contributed by atoms with Crippen LogP contribution in [0.25, 0.3) is 0 Å². The number of rotatable bonds is 7. The highest BCUT2D eigenvalue weighted by Crippen LogP contribution is 2.20.